The Morgan fingerprint density at radius 1 is 1.24 bits per heavy atom. The molecule has 3 rings (SSSR count). The first kappa shape index (κ1) is 14.2. The van der Waals surface area contributed by atoms with Crippen molar-refractivity contribution >= 4 is 11.6 Å². The molecule has 21 heavy (non-hydrogen) atoms. The summed E-state index contributed by atoms with van der Waals surface area (Å²) in [5.74, 6) is 1.31. The zero-order valence-corrected chi connectivity index (χ0v) is 12.1. The minimum absolute atomic E-state index is 0.0780. The number of rotatable bonds is 4. The average molecular weight is 292 g/mol. The van der Waals surface area contributed by atoms with Crippen molar-refractivity contribution < 1.29 is 19.0 Å². The van der Waals surface area contributed by atoms with Crippen molar-refractivity contribution in [1.29, 1.82) is 0 Å². The van der Waals surface area contributed by atoms with Crippen molar-refractivity contribution in [2.24, 2.45) is 0 Å². The van der Waals surface area contributed by atoms with Crippen molar-refractivity contribution in [2.45, 2.75) is 25.5 Å². The third-order valence-corrected chi connectivity index (χ3v) is 3.73. The molecule has 114 valence electrons. The number of anilines is 1. The van der Waals surface area contributed by atoms with Crippen molar-refractivity contribution in [3.05, 3.63) is 18.2 Å². The van der Waals surface area contributed by atoms with Gasteiger partial charge in [0.2, 0.25) is 5.91 Å². The molecule has 1 fully saturated rings. The van der Waals surface area contributed by atoms with Gasteiger partial charge in [-0.1, -0.05) is 0 Å². The first-order valence-electron chi connectivity index (χ1n) is 7.27. The Hall–Kier alpha value is -1.79. The highest BCUT2D eigenvalue weighted by atomic mass is 16.6. The Morgan fingerprint density at radius 2 is 2.05 bits per heavy atom. The predicted molar refractivity (Wildman–Crippen MR) is 77.9 cm³/mol. The molecule has 2 N–H and O–H groups in total. The summed E-state index contributed by atoms with van der Waals surface area (Å²) >= 11 is 0. The highest BCUT2D eigenvalue weighted by Gasteiger charge is 2.24. The maximum atomic E-state index is 12.0. The molecule has 0 spiro atoms. The topological polar surface area (TPSA) is 68.8 Å². The van der Waals surface area contributed by atoms with Gasteiger partial charge in [0.05, 0.1) is 12.6 Å². The van der Waals surface area contributed by atoms with E-state index in [1.54, 1.807) is 6.07 Å². The highest BCUT2D eigenvalue weighted by Crippen LogP contribution is 2.32. The first-order chi connectivity index (χ1) is 10.2. The van der Waals surface area contributed by atoms with Crippen LogP contribution in [-0.2, 0) is 9.53 Å². The van der Waals surface area contributed by atoms with E-state index in [0.717, 1.165) is 13.0 Å². The van der Waals surface area contributed by atoms with Gasteiger partial charge in [-0.2, -0.15) is 0 Å². The lowest BCUT2D eigenvalue weighted by atomic mass is 10.1. The van der Waals surface area contributed by atoms with Crippen LogP contribution in [0, 0.1) is 0 Å². The molecule has 2 aliphatic rings. The quantitative estimate of drug-likeness (QED) is 0.871. The molecule has 1 aromatic rings. The molecule has 1 aromatic carbocycles. The fourth-order valence-electron chi connectivity index (χ4n) is 2.55. The Kier molecular flexibility index (Phi) is 4.26. The number of fused-ring (bicyclic) bond motifs is 1. The van der Waals surface area contributed by atoms with Crippen LogP contribution in [0.3, 0.4) is 0 Å². The van der Waals surface area contributed by atoms with E-state index in [4.69, 9.17) is 14.2 Å². The van der Waals surface area contributed by atoms with Crippen molar-refractivity contribution in [3.63, 3.8) is 0 Å². The Labute approximate surface area is 123 Å². The van der Waals surface area contributed by atoms with Crippen molar-refractivity contribution in [3.8, 4) is 11.5 Å². The monoisotopic (exact) mass is 292 g/mol. The van der Waals surface area contributed by atoms with E-state index < -0.39 is 0 Å². The van der Waals surface area contributed by atoms with E-state index in [1.807, 2.05) is 19.1 Å². The summed E-state index contributed by atoms with van der Waals surface area (Å²) in [5.41, 5.74) is 0.710. The van der Waals surface area contributed by atoms with Gasteiger partial charge in [-0.3, -0.25) is 4.79 Å². The number of carbonyl (C=O) groups is 1. The molecule has 0 aromatic heterocycles. The van der Waals surface area contributed by atoms with Crippen molar-refractivity contribution in [1.82, 2.24) is 5.32 Å². The van der Waals surface area contributed by atoms with Crippen LogP contribution >= 0.6 is 0 Å². The van der Waals surface area contributed by atoms with Gasteiger partial charge >= 0.3 is 0 Å². The summed E-state index contributed by atoms with van der Waals surface area (Å²) in [6.07, 6.45) is 1.10. The van der Waals surface area contributed by atoms with Gasteiger partial charge in [0.1, 0.15) is 13.2 Å². The van der Waals surface area contributed by atoms with Crippen LogP contribution in [0.15, 0.2) is 18.2 Å². The lowest BCUT2D eigenvalue weighted by Gasteiger charge is -2.19. The van der Waals surface area contributed by atoms with Gasteiger partial charge in [-0.25, -0.2) is 0 Å². The predicted octanol–water partition coefficient (Wildman–Crippen LogP) is 1.16. The van der Waals surface area contributed by atoms with Gasteiger partial charge in [-0.05, 0) is 25.5 Å². The number of benzene rings is 1. The minimum Gasteiger partial charge on any atom is -0.486 e. The Morgan fingerprint density at radius 3 is 2.81 bits per heavy atom. The summed E-state index contributed by atoms with van der Waals surface area (Å²) < 4.78 is 16.4. The molecule has 0 saturated carbocycles. The zero-order valence-electron chi connectivity index (χ0n) is 12.1. The van der Waals surface area contributed by atoms with Crippen LogP contribution in [-0.4, -0.2) is 44.4 Å². The molecule has 2 heterocycles. The molecule has 2 atom stereocenters. The summed E-state index contributed by atoms with van der Waals surface area (Å²) in [5, 5.41) is 6.07. The molecule has 6 heteroatoms. The molecule has 0 aliphatic carbocycles. The normalized spacial score (nSPS) is 23.9. The lowest BCUT2D eigenvalue weighted by Crippen LogP contribution is -2.39. The number of hydrogen-bond donors (Lipinski definition) is 2. The fraction of sp³-hybridized carbons (Fsp3) is 0.533. The maximum Gasteiger partial charge on any atom is 0.238 e. The summed E-state index contributed by atoms with van der Waals surface area (Å²) in [7, 11) is 0. The molecular formula is C15H20N2O4. The standard InChI is InChI=1S/C15H20N2O4/c1-10-12(4-5-19-10)16-9-15(18)17-11-2-3-13-14(8-11)21-7-6-20-13/h2-3,8,10,12,16H,4-7,9H2,1H3,(H,17,18). The SMILES string of the molecule is CC1OCCC1NCC(=O)Nc1ccc2c(c1)OCCO2. The largest absolute Gasteiger partial charge is 0.486 e. The van der Waals surface area contributed by atoms with E-state index in [-0.39, 0.29) is 24.6 Å². The van der Waals surface area contributed by atoms with Crippen LogP contribution < -0.4 is 20.1 Å². The second-order valence-corrected chi connectivity index (χ2v) is 5.26. The molecule has 6 nitrogen and oxygen atoms in total. The van der Waals surface area contributed by atoms with E-state index >= 15 is 0 Å². The van der Waals surface area contributed by atoms with Crippen molar-refractivity contribution in [2.75, 3.05) is 31.7 Å². The minimum atomic E-state index is -0.0780. The number of ether oxygens (including phenoxy) is 3. The number of nitrogens with one attached hydrogen (secondary N) is 2. The summed E-state index contributed by atoms with van der Waals surface area (Å²) in [4.78, 5) is 12.0. The molecule has 2 aliphatic heterocycles. The number of hydrogen-bond acceptors (Lipinski definition) is 5. The Balaban J connectivity index is 1.52. The molecule has 1 saturated heterocycles. The Bertz CT molecular complexity index is 520. The summed E-state index contributed by atoms with van der Waals surface area (Å²) in [6, 6.07) is 5.65. The molecule has 1 amide bonds. The highest BCUT2D eigenvalue weighted by molar-refractivity contribution is 5.92. The van der Waals surface area contributed by atoms with Crippen LogP contribution in [0.4, 0.5) is 5.69 Å². The molecule has 0 radical (unpaired) electrons. The third-order valence-electron chi connectivity index (χ3n) is 3.73. The van der Waals surface area contributed by atoms with E-state index in [0.29, 0.717) is 30.4 Å². The van der Waals surface area contributed by atoms with Gasteiger partial charge < -0.3 is 24.8 Å². The zero-order chi connectivity index (χ0) is 14.7. The molecule has 2 unspecified atom stereocenters. The third kappa shape index (κ3) is 3.46. The van der Waals surface area contributed by atoms with Gasteiger partial charge in [0, 0.05) is 24.4 Å². The van der Waals surface area contributed by atoms with E-state index in [9.17, 15) is 4.79 Å². The molecular weight excluding hydrogens is 272 g/mol. The summed E-state index contributed by atoms with van der Waals surface area (Å²) in [6.45, 7) is 4.13. The maximum absolute atomic E-state index is 12.0. The second kappa shape index (κ2) is 6.32. The number of carbonyl (C=O) groups excluding carboxylic acids is 1. The first-order valence-corrected chi connectivity index (χ1v) is 7.27. The average Bonchev–Trinajstić information content (AvgIpc) is 2.90. The molecule has 0 bridgehead atoms. The van der Waals surface area contributed by atoms with Gasteiger partial charge in [-0.15, -0.1) is 0 Å². The van der Waals surface area contributed by atoms with Crippen LogP contribution in [0.5, 0.6) is 11.5 Å². The van der Waals surface area contributed by atoms with E-state index in [1.165, 1.54) is 0 Å². The van der Waals surface area contributed by atoms with Crippen LogP contribution in [0.25, 0.3) is 0 Å². The van der Waals surface area contributed by atoms with E-state index in [2.05, 4.69) is 10.6 Å². The van der Waals surface area contributed by atoms with Crippen LogP contribution in [0.1, 0.15) is 13.3 Å². The van der Waals surface area contributed by atoms with Gasteiger partial charge in [0.15, 0.2) is 11.5 Å². The van der Waals surface area contributed by atoms with Gasteiger partial charge in [0.25, 0.3) is 0 Å². The fourth-order valence-corrected chi connectivity index (χ4v) is 2.55. The van der Waals surface area contributed by atoms with Crippen LogP contribution in [0.2, 0.25) is 0 Å². The second-order valence-electron chi connectivity index (χ2n) is 5.26. The smallest absolute Gasteiger partial charge is 0.238 e. The number of amides is 1. The lowest BCUT2D eigenvalue weighted by molar-refractivity contribution is -0.115.